The molecule has 0 aliphatic heterocycles. The normalized spacial score (nSPS) is 17.6. The minimum atomic E-state index is 0.0300. The summed E-state index contributed by atoms with van der Waals surface area (Å²) >= 11 is 0. The quantitative estimate of drug-likeness (QED) is 0.865. The Labute approximate surface area is 111 Å². The standard InChI is InChI=1S/C16H25NO/c1-5-15(2,3)13-6-7-14(18-4)12(10-13)11-16(17)8-9-16/h6-7,10H,5,8-9,11,17H2,1-4H3. The van der Waals surface area contributed by atoms with E-state index in [4.69, 9.17) is 10.5 Å². The van der Waals surface area contributed by atoms with Crippen LogP contribution in [0.5, 0.6) is 5.75 Å². The molecule has 2 N–H and O–H groups in total. The second-order valence-corrected chi connectivity index (χ2v) is 6.30. The first-order valence-corrected chi connectivity index (χ1v) is 6.86. The summed E-state index contributed by atoms with van der Waals surface area (Å²) in [5, 5.41) is 0. The summed E-state index contributed by atoms with van der Waals surface area (Å²) in [5.41, 5.74) is 9.12. The molecule has 0 saturated heterocycles. The minimum Gasteiger partial charge on any atom is -0.496 e. The first-order chi connectivity index (χ1) is 8.40. The molecule has 1 saturated carbocycles. The zero-order valence-corrected chi connectivity index (χ0v) is 12.0. The van der Waals surface area contributed by atoms with Crippen LogP contribution in [0.25, 0.3) is 0 Å². The van der Waals surface area contributed by atoms with E-state index < -0.39 is 0 Å². The summed E-state index contributed by atoms with van der Waals surface area (Å²) in [5.74, 6) is 0.974. The summed E-state index contributed by atoms with van der Waals surface area (Å²) in [4.78, 5) is 0. The van der Waals surface area contributed by atoms with Crippen molar-refractivity contribution in [1.29, 1.82) is 0 Å². The van der Waals surface area contributed by atoms with Crippen molar-refractivity contribution in [2.45, 2.75) is 57.4 Å². The Balaban J connectivity index is 2.32. The van der Waals surface area contributed by atoms with Crippen LogP contribution in [0.2, 0.25) is 0 Å². The van der Waals surface area contributed by atoms with E-state index in [0.29, 0.717) is 0 Å². The Morgan fingerprint density at radius 3 is 2.50 bits per heavy atom. The van der Waals surface area contributed by atoms with Crippen LogP contribution in [0.1, 0.15) is 51.2 Å². The molecule has 0 radical (unpaired) electrons. The molecule has 0 atom stereocenters. The van der Waals surface area contributed by atoms with Gasteiger partial charge < -0.3 is 10.5 Å². The van der Waals surface area contributed by atoms with Gasteiger partial charge in [0.05, 0.1) is 7.11 Å². The summed E-state index contributed by atoms with van der Waals surface area (Å²) in [6.45, 7) is 6.80. The predicted molar refractivity (Wildman–Crippen MR) is 76.2 cm³/mol. The van der Waals surface area contributed by atoms with Gasteiger partial charge in [0.1, 0.15) is 5.75 Å². The molecule has 1 aromatic carbocycles. The van der Waals surface area contributed by atoms with Gasteiger partial charge >= 0.3 is 0 Å². The minimum absolute atomic E-state index is 0.0300. The highest BCUT2D eigenvalue weighted by atomic mass is 16.5. The van der Waals surface area contributed by atoms with Crippen LogP contribution < -0.4 is 10.5 Å². The van der Waals surface area contributed by atoms with Crippen molar-refractivity contribution in [2.75, 3.05) is 7.11 Å². The third kappa shape index (κ3) is 2.69. The molecule has 1 fully saturated rings. The highest BCUT2D eigenvalue weighted by Crippen LogP contribution is 2.39. The Bertz CT molecular complexity index is 433. The van der Waals surface area contributed by atoms with E-state index in [1.807, 2.05) is 0 Å². The molecule has 2 heteroatoms. The number of hydrogen-bond acceptors (Lipinski definition) is 2. The Morgan fingerprint density at radius 2 is 2.00 bits per heavy atom. The fraction of sp³-hybridized carbons (Fsp3) is 0.625. The zero-order valence-electron chi connectivity index (χ0n) is 12.0. The SMILES string of the molecule is CCC(C)(C)c1ccc(OC)c(CC2(N)CC2)c1. The van der Waals surface area contributed by atoms with Crippen molar-refractivity contribution in [1.82, 2.24) is 0 Å². The number of rotatable bonds is 5. The van der Waals surface area contributed by atoms with Crippen LogP contribution in [0.4, 0.5) is 0 Å². The van der Waals surface area contributed by atoms with E-state index in [2.05, 4.69) is 39.0 Å². The van der Waals surface area contributed by atoms with Crippen molar-refractivity contribution in [3.05, 3.63) is 29.3 Å². The van der Waals surface area contributed by atoms with Crippen molar-refractivity contribution in [3.63, 3.8) is 0 Å². The molecule has 1 aromatic rings. The van der Waals surface area contributed by atoms with Crippen molar-refractivity contribution in [3.8, 4) is 5.75 Å². The third-order valence-corrected chi connectivity index (χ3v) is 4.38. The number of ether oxygens (including phenoxy) is 1. The molecule has 18 heavy (non-hydrogen) atoms. The van der Waals surface area contributed by atoms with Gasteiger partial charge in [-0.3, -0.25) is 0 Å². The van der Waals surface area contributed by atoms with Gasteiger partial charge in [-0.1, -0.05) is 32.9 Å². The second kappa shape index (κ2) is 4.58. The molecule has 0 aromatic heterocycles. The summed E-state index contributed by atoms with van der Waals surface area (Å²) in [7, 11) is 1.74. The van der Waals surface area contributed by atoms with Gasteiger partial charge in [-0.2, -0.15) is 0 Å². The number of nitrogens with two attached hydrogens (primary N) is 1. The average Bonchev–Trinajstić information content (AvgIpc) is 3.06. The van der Waals surface area contributed by atoms with Gasteiger partial charge in [-0.15, -0.1) is 0 Å². The molecule has 0 bridgehead atoms. The summed E-state index contributed by atoms with van der Waals surface area (Å²) < 4.78 is 5.46. The van der Waals surface area contributed by atoms with Crippen molar-refractivity contribution < 1.29 is 4.74 Å². The molecule has 0 spiro atoms. The lowest BCUT2D eigenvalue weighted by molar-refractivity contribution is 0.406. The van der Waals surface area contributed by atoms with Gasteiger partial charge in [0, 0.05) is 5.54 Å². The van der Waals surface area contributed by atoms with E-state index in [0.717, 1.165) is 31.4 Å². The van der Waals surface area contributed by atoms with E-state index in [1.54, 1.807) is 7.11 Å². The molecule has 100 valence electrons. The van der Waals surface area contributed by atoms with E-state index in [9.17, 15) is 0 Å². The third-order valence-electron chi connectivity index (χ3n) is 4.38. The monoisotopic (exact) mass is 247 g/mol. The highest BCUT2D eigenvalue weighted by Gasteiger charge is 2.38. The Morgan fingerprint density at radius 1 is 1.33 bits per heavy atom. The fourth-order valence-corrected chi connectivity index (χ4v) is 2.26. The van der Waals surface area contributed by atoms with Gasteiger partial charge in [0.2, 0.25) is 0 Å². The predicted octanol–water partition coefficient (Wildman–Crippen LogP) is 3.42. The molecule has 0 amide bonds. The van der Waals surface area contributed by atoms with Gasteiger partial charge in [-0.05, 0) is 48.3 Å². The summed E-state index contributed by atoms with van der Waals surface area (Å²) in [6.07, 6.45) is 4.34. The maximum atomic E-state index is 6.24. The fourth-order valence-electron chi connectivity index (χ4n) is 2.26. The van der Waals surface area contributed by atoms with Gasteiger partial charge in [0.25, 0.3) is 0 Å². The van der Waals surface area contributed by atoms with Crippen LogP contribution >= 0.6 is 0 Å². The van der Waals surface area contributed by atoms with Crippen LogP contribution in [-0.2, 0) is 11.8 Å². The molecule has 0 unspecified atom stereocenters. The zero-order chi connectivity index (χ0) is 13.4. The maximum absolute atomic E-state index is 6.24. The summed E-state index contributed by atoms with van der Waals surface area (Å²) in [6, 6.07) is 6.56. The average molecular weight is 247 g/mol. The van der Waals surface area contributed by atoms with Crippen LogP contribution in [0, 0.1) is 0 Å². The molecule has 0 heterocycles. The molecule has 1 aliphatic rings. The van der Waals surface area contributed by atoms with E-state index >= 15 is 0 Å². The molecular weight excluding hydrogens is 222 g/mol. The van der Waals surface area contributed by atoms with Crippen LogP contribution in [0.15, 0.2) is 18.2 Å². The molecule has 2 rings (SSSR count). The van der Waals surface area contributed by atoms with E-state index in [-0.39, 0.29) is 11.0 Å². The number of hydrogen-bond donors (Lipinski definition) is 1. The lowest BCUT2D eigenvalue weighted by Crippen LogP contribution is -2.25. The van der Waals surface area contributed by atoms with Crippen molar-refractivity contribution >= 4 is 0 Å². The Hall–Kier alpha value is -1.02. The smallest absolute Gasteiger partial charge is 0.122 e. The molecular formula is C16H25NO. The highest BCUT2D eigenvalue weighted by molar-refractivity contribution is 5.41. The van der Waals surface area contributed by atoms with E-state index in [1.165, 1.54) is 11.1 Å². The first kappa shape index (κ1) is 13.4. The van der Waals surface area contributed by atoms with Crippen LogP contribution in [0.3, 0.4) is 0 Å². The Kier molecular flexibility index (Phi) is 3.41. The number of benzene rings is 1. The topological polar surface area (TPSA) is 35.2 Å². The molecule has 1 aliphatic carbocycles. The van der Waals surface area contributed by atoms with Gasteiger partial charge in [-0.25, -0.2) is 0 Å². The number of methoxy groups -OCH3 is 1. The largest absolute Gasteiger partial charge is 0.496 e. The lowest BCUT2D eigenvalue weighted by Gasteiger charge is -2.25. The molecule has 2 nitrogen and oxygen atoms in total. The van der Waals surface area contributed by atoms with Crippen LogP contribution in [-0.4, -0.2) is 12.6 Å². The first-order valence-electron chi connectivity index (χ1n) is 6.86. The van der Waals surface area contributed by atoms with Gasteiger partial charge in [0.15, 0.2) is 0 Å². The van der Waals surface area contributed by atoms with Crippen molar-refractivity contribution in [2.24, 2.45) is 5.73 Å². The lowest BCUT2D eigenvalue weighted by atomic mass is 9.81. The maximum Gasteiger partial charge on any atom is 0.122 e. The second-order valence-electron chi connectivity index (χ2n) is 6.30.